The molecule has 0 spiro atoms. The maximum absolute atomic E-state index is 9.42. The summed E-state index contributed by atoms with van der Waals surface area (Å²) in [6, 6.07) is 7.52. The minimum absolute atomic E-state index is 0.290. The number of likely N-dealkylation sites (tertiary alicyclic amines) is 1. The molecule has 17 heavy (non-hydrogen) atoms. The van der Waals surface area contributed by atoms with Gasteiger partial charge in [-0.2, -0.15) is 0 Å². The van der Waals surface area contributed by atoms with Crippen molar-refractivity contribution in [2.45, 2.75) is 31.7 Å². The van der Waals surface area contributed by atoms with Crippen molar-refractivity contribution in [3.8, 4) is 5.75 Å². The Morgan fingerprint density at radius 1 is 1.41 bits per heavy atom. The summed E-state index contributed by atoms with van der Waals surface area (Å²) in [6.07, 6.45) is 2.37. The lowest BCUT2D eigenvalue weighted by molar-refractivity contribution is 0.176. The maximum atomic E-state index is 9.42. The molecular weight excluding hydrogens is 234 g/mol. The minimum Gasteiger partial charge on any atom is -0.508 e. The number of alkyl halides is 1. The number of hydrogen-bond donors (Lipinski definition) is 1. The van der Waals surface area contributed by atoms with Gasteiger partial charge in [-0.3, -0.25) is 4.90 Å². The molecule has 1 aromatic carbocycles. The molecule has 1 aliphatic rings. The molecule has 2 rings (SSSR count). The first-order valence-corrected chi connectivity index (χ1v) is 6.73. The van der Waals surface area contributed by atoms with Crippen molar-refractivity contribution in [2.75, 3.05) is 13.1 Å². The molecule has 1 aliphatic heterocycles. The van der Waals surface area contributed by atoms with Crippen LogP contribution in [-0.4, -0.2) is 28.5 Å². The van der Waals surface area contributed by atoms with E-state index >= 15 is 0 Å². The molecule has 0 aromatic heterocycles. The van der Waals surface area contributed by atoms with Gasteiger partial charge >= 0.3 is 0 Å². The Morgan fingerprint density at radius 3 is 2.71 bits per heavy atom. The van der Waals surface area contributed by atoms with Gasteiger partial charge in [-0.05, 0) is 56.5 Å². The summed E-state index contributed by atoms with van der Waals surface area (Å²) in [6.45, 7) is 5.24. The summed E-state index contributed by atoms with van der Waals surface area (Å²) in [5.41, 5.74) is 1.18. The van der Waals surface area contributed by atoms with Crippen LogP contribution < -0.4 is 0 Å². The van der Waals surface area contributed by atoms with Gasteiger partial charge in [0.1, 0.15) is 5.75 Å². The van der Waals surface area contributed by atoms with Crippen LogP contribution in [0.2, 0.25) is 0 Å². The Bertz CT molecular complexity index is 359. The van der Waals surface area contributed by atoms with E-state index in [-0.39, 0.29) is 5.38 Å². The second kappa shape index (κ2) is 5.74. The van der Waals surface area contributed by atoms with Gasteiger partial charge in [-0.25, -0.2) is 0 Å². The number of nitrogens with zero attached hydrogens (tertiary/aromatic N) is 1. The van der Waals surface area contributed by atoms with Crippen LogP contribution in [0.4, 0.5) is 0 Å². The average Bonchev–Trinajstić information content (AvgIpc) is 2.29. The first-order valence-electron chi connectivity index (χ1n) is 6.29. The van der Waals surface area contributed by atoms with Crippen molar-refractivity contribution in [1.29, 1.82) is 0 Å². The summed E-state index contributed by atoms with van der Waals surface area (Å²) < 4.78 is 0. The van der Waals surface area contributed by atoms with Crippen LogP contribution in [0.1, 0.15) is 25.3 Å². The molecule has 2 nitrogen and oxygen atoms in total. The Balaban J connectivity index is 1.86. The molecule has 0 saturated carbocycles. The third-order valence-electron chi connectivity index (χ3n) is 3.60. The van der Waals surface area contributed by atoms with Gasteiger partial charge in [0.15, 0.2) is 0 Å². The van der Waals surface area contributed by atoms with Crippen molar-refractivity contribution in [3.05, 3.63) is 29.8 Å². The Labute approximate surface area is 108 Å². The van der Waals surface area contributed by atoms with E-state index in [0.717, 1.165) is 19.6 Å². The van der Waals surface area contributed by atoms with Gasteiger partial charge in [0, 0.05) is 11.9 Å². The van der Waals surface area contributed by atoms with E-state index in [2.05, 4.69) is 17.9 Å². The fourth-order valence-electron chi connectivity index (χ4n) is 2.48. The largest absolute Gasteiger partial charge is 0.508 e. The normalized spacial score (nSPS) is 20.4. The zero-order chi connectivity index (χ0) is 12.3. The topological polar surface area (TPSA) is 23.5 Å². The maximum Gasteiger partial charge on any atom is 0.115 e. The number of benzene rings is 1. The summed E-state index contributed by atoms with van der Waals surface area (Å²) in [7, 11) is 0. The molecular formula is C14H20ClNO. The van der Waals surface area contributed by atoms with E-state index in [0.29, 0.717) is 11.7 Å². The van der Waals surface area contributed by atoms with Gasteiger partial charge in [-0.1, -0.05) is 12.1 Å². The molecule has 1 N–H and O–H groups in total. The molecule has 1 fully saturated rings. The van der Waals surface area contributed by atoms with Gasteiger partial charge in [0.05, 0.1) is 0 Å². The molecule has 0 aliphatic carbocycles. The average molecular weight is 254 g/mol. The molecule has 1 atom stereocenters. The van der Waals surface area contributed by atoms with Crippen molar-refractivity contribution < 1.29 is 5.11 Å². The summed E-state index contributed by atoms with van der Waals surface area (Å²) in [5, 5.41) is 9.71. The van der Waals surface area contributed by atoms with E-state index < -0.39 is 0 Å². The van der Waals surface area contributed by atoms with E-state index in [9.17, 15) is 5.11 Å². The highest BCUT2D eigenvalue weighted by atomic mass is 35.5. The number of rotatable bonds is 3. The quantitative estimate of drug-likeness (QED) is 0.836. The summed E-state index contributed by atoms with van der Waals surface area (Å²) in [4.78, 5) is 2.44. The first-order chi connectivity index (χ1) is 8.15. The molecule has 1 saturated heterocycles. The SMILES string of the molecule is CC(Cl)C1CCN(Cc2cccc(O)c2)CC1. The number of phenols is 1. The molecule has 0 radical (unpaired) electrons. The standard InChI is InChI=1S/C14H20ClNO/c1-11(15)13-5-7-16(8-6-13)10-12-3-2-4-14(17)9-12/h2-4,9,11,13,17H,5-8,10H2,1H3. The van der Waals surface area contributed by atoms with Crippen molar-refractivity contribution in [3.63, 3.8) is 0 Å². The third-order valence-corrected chi connectivity index (χ3v) is 3.95. The molecule has 1 heterocycles. The van der Waals surface area contributed by atoms with E-state index in [4.69, 9.17) is 11.6 Å². The molecule has 1 unspecified atom stereocenters. The second-order valence-corrected chi connectivity index (χ2v) is 5.65. The lowest BCUT2D eigenvalue weighted by Crippen LogP contribution is -2.35. The number of halogens is 1. The number of hydrogen-bond acceptors (Lipinski definition) is 2. The van der Waals surface area contributed by atoms with Crippen LogP contribution in [0.3, 0.4) is 0 Å². The van der Waals surface area contributed by atoms with Gasteiger partial charge in [0.2, 0.25) is 0 Å². The zero-order valence-corrected chi connectivity index (χ0v) is 11.0. The molecule has 94 valence electrons. The highest BCUT2D eigenvalue weighted by Gasteiger charge is 2.22. The van der Waals surface area contributed by atoms with Crippen molar-refractivity contribution in [2.24, 2.45) is 5.92 Å². The summed E-state index contributed by atoms with van der Waals surface area (Å²) in [5.74, 6) is 1.02. The molecule has 0 amide bonds. The smallest absolute Gasteiger partial charge is 0.115 e. The number of aromatic hydroxyl groups is 1. The Hall–Kier alpha value is -0.730. The van der Waals surface area contributed by atoms with E-state index in [1.165, 1.54) is 18.4 Å². The first kappa shape index (κ1) is 12.7. The molecule has 0 bridgehead atoms. The predicted octanol–water partition coefficient (Wildman–Crippen LogP) is 3.23. The van der Waals surface area contributed by atoms with Crippen LogP contribution in [0.25, 0.3) is 0 Å². The summed E-state index contributed by atoms with van der Waals surface area (Å²) >= 11 is 6.13. The monoisotopic (exact) mass is 253 g/mol. The fourth-order valence-corrected chi connectivity index (χ4v) is 2.74. The second-order valence-electron chi connectivity index (χ2n) is 4.96. The lowest BCUT2D eigenvalue weighted by atomic mass is 9.94. The zero-order valence-electron chi connectivity index (χ0n) is 10.3. The van der Waals surface area contributed by atoms with Crippen LogP contribution in [0.5, 0.6) is 5.75 Å². The predicted molar refractivity (Wildman–Crippen MR) is 71.4 cm³/mol. The molecule has 3 heteroatoms. The van der Waals surface area contributed by atoms with Crippen LogP contribution >= 0.6 is 11.6 Å². The fraction of sp³-hybridized carbons (Fsp3) is 0.571. The van der Waals surface area contributed by atoms with Crippen LogP contribution in [-0.2, 0) is 6.54 Å². The minimum atomic E-state index is 0.290. The van der Waals surface area contributed by atoms with Crippen LogP contribution in [0, 0.1) is 5.92 Å². The highest BCUT2D eigenvalue weighted by molar-refractivity contribution is 6.20. The van der Waals surface area contributed by atoms with Crippen LogP contribution in [0.15, 0.2) is 24.3 Å². The highest BCUT2D eigenvalue weighted by Crippen LogP contribution is 2.25. The van der Waals surface area contributed by atoms with E-state index in [1.54, 1.807) is 6.07 Å². The Kier molecular flexibility index (Phi) is 4.30. The Morgan fingerprint density at radius 2 is 2.12 bits per heavy atom. The van der Waals surface area contributed by atoms with Gasteiger partial charge in [-0.15, -0.1) is 11.6 Å². The third kappa shape index (κ3) is 3.62. The van der Waals surface area contributed by atoms with Gasteiger partial charge < -0.3 is 5.11 Å². The molecule has 1 aromatic rings. The van der Waals surface area contributed by atoms with Crippen molar-refractivity contribution in [1.82, 2.24) is 4.90 Å². The van der Waals surface area contributed by atoms with Gasteiger partial charge in [0.25, 0.3) is 0 Å². The number of phenolic OH excluding ortho intramolecular Hbond substituents is 1. The van der Waals surface area contributed by atoms with Crippen molar-refractivity contribution >= 4 is 11.6 Å². The van der Waals surface area contributed by atoms with E-state index in [1.807, 2.05) is 12.1 Å². The number of piperidine rings is 1. The lowest BCUT2D eigenvalue weighted by Gasteiger charge is -2.33.